The van der Waals surface area contributed by atoms with Crippen LogP contribution in [0.1, 0.15) is 28.8 Å². The number of pyridine rings is 1. The number of hydrogen-bond donors (Lipinski definition) is 0. The van der Waals surface area contributed by atoms with Crippen LogP contribution in [0.3, 0.4) is 0 Å². The molecule has 0 spiro atoms. The van der Waals surface area contributed by atoms with Gasteiger partial charge in [-0.05, 0) is 37.5 Å². The van der Waals surface area contributed by atoms with Crippen molar-refractivity contribution in [3.05, 3.63) is 65.0 Å². The van der Waals surface area contributed by atoms with Gasteiger partial charge >= 0.3 is 0 Å². The Morgan fingerprint density at radius 1 is 1.00 bits per heavy atom. The molecule has 1 aromatic carbocycles. The number of Topliss-reactive ketones (excluding diaryl/α,β-unsaturated/α-hetero) is 1. The van der Waals surface area contributed by atoms with Crippen LogP contribution in [-0.4, -0.2) is 10.8 Å². The summed E-state index contributed by atoms with van der Waals surface area (Å²) in [4.78, 5) is 16.2. The molecule has 2 aromatic rings. The molecule has 0 atom stereocenters. The first-order valence-corrected chi connectivity index (χ1v) is 6.62. The van der Waals surface area contributed by atoms with Crippen LogP contribution >= 0.6 is 0 Å². The summed E-state index contributed by atoms with van der Waals surface area (Å²) in [5.74, 6) is 0.247. The molecule has 0 saturated heterocycles. The predicted octanol–water partition coefficient (Wildman–Crippen LogP) is 3.44. The van der Waals surface area contributed by atoms with Crippen LogP contribution in [0.15, 0.2) is 42.6 Å². The smallest absolute Gasteiger partial charge is 0.139 e. The van der Waals surface area contributed by atoms with Gasteiger partial charge in [-0.2, -0.15) is 0 Å². The summed E-state index contributed by atoms with van der Waals surface area (Å²) in [6, 6.07) is 12.3. The van der Waals surface area contributed by atoms with Crippen LogP contribution in [0.2, 0.25) is 0 Å². The Labute approximate surface area is 114 Å². The van der Waals surface area contributed by atoms with Crippen molar-refractivity contribution in [2.24, 2.45) is 0 Å². The highest BCUT2D eigenvalue weighted by molar-refractivity contribution is 5.80. The molecule has 0 N–H and O–H groups in total. The molecular weight excluding hydrogens is 234 g/mol. The number of carbonyl (C=O) groups is 1. The molecule has 0 radical (unpaired) electrons. The van der Waals surface area contributed by atoms with Crippen LogP contribution in [0.5, 0.6) is 0 Å². The van der Waals surface area contributed by atoms with Crippen LogP contribution < -0.4 is 0 Å². The normalized spacial score (nSPS) is 10.4. The van der Waals surface area contributed by atoms with Gasteiger partial charge in [0.1, 0.15) is 5.78 Å². The second kappa shape index (κ2) is 6.28. The van der Waals surface area contributed by atoms with Crippen molar-refractivity contribution in [2.45, 2.75) is 33.1 Å². The van der Waals surface area contributed by atoms with Crippen molar-refractivity contribution in [3.8, 4) is 0 Å². The quantitative estimate of drug-likeness (QED) is 0.817. The van der Waals surface area contributed by atoms with Crippen molar-refractivity contribution < 1.29 is 4.79 Å². The number of carbonyl (C=O) groups excluding carboxylic acids is 1. The highest BCUT2D eigenvalue weighted by Crippen LogP contribution is 2.08. The molecule has 0 aliphatic rings. The molecule has 0 fully saturated rings. The van der Waals surface area contributed by atoms with Crippen LogP contribution in [0, 0.1) is 13.8 Å². The molecule has 0 amide bonds. The molecule has 19 heavy (non-hydrogen) atoms. The Bertz CT molecular complexity index is 540. The number of benzene rings is 1. The lowest BCUT2D eigenvalue weighted by molar-refractivity contribution is -0.118. The van der Waals surface area contributed by atoms with Crippen molar-refractivity contribution in [1.82, 2.24) is 4.98 Å². The summed E-state index contributed by atoms with van der Waals surface area (Å²) >= 11 is 0. The number of rotatable bonds is 5. The lowest BCUT2D eigenvalue weighted by atomic mass is 10.0. The summed E-state index contributed by atoms with van der Waals surface area (Å²) in [5, 5.41) is 0. The molecule has 0 saturated carbocycles. The van der Waals surface area contributed by atoms with E-state index >= 15 is 0 Å². The van der Waals surface area contributed by atoms with Gasteiger partial charge in [-0.3, -0.25) is 9.78 Å². The SMILES string of the molecule is Cc1ccc(CCC(=O)Cc2ccc(C)cn2)cc1. The summed E-state index contributed by atoms with van der Waals surface area (Å²) < 4.78 is 0. The van der Waals surface area contributed by atoms with Gasteiger partial charge in [0.2, 0.25) is 0 Å². The van der Waals surface area contributed by atoms with Crippen LogP contribution in [0.25, 0.3) is 0 Å². The maximum atomic E-state index is 11.9. The number of aromatic nitrogens is 1. The van der Waals surface area contributed by atoms with Crippen molar-refractivity contribution in [2.75, 3.05) is 0 Å². The second-order valence-electron chi connectivity index (χ2n) is 5.03. The zero-order valence-electron chi connectivity index (χ0n) is 11.5. The molecule has 1 aromatic heterocycles. The summed E-state index contributed by atoms with van der Waals surface area (Å²) in [6.45, 7) is 4.06. The first-order valence-electron chi connectivity index (χ1n) is 6.62. The van der Waals surface area contributed by atoms with Crippen molar-refractivity contribution in [3.63, 3.8) is 0 Å². The average molecular weight is 253 g/mol. The lowest BCUT2D eigenvalue weighted by Gasteiger charge is -2.03. The lowest BCUT2D eigenvalue weighted by Crippen LogP contribution is -2.05. The van der Waals surface area contributed by atoms with Crippen LogP contribution in [-0.2, 0) is 17.6 Å². The summed E-state index contributed by atoms with van der Waals surface area (Å²) in [6.07, 6.45) is 3.64. The van der Waals surface area contributed by atoms with Gasteiger partial charge in [0.15, 0.2) is 0 Å². The molecule has 2 heteroatoms. The third-order valence-electron chi connectivity index (χ3n) is 3.16. The molecule has 1 heterocycles. The zero-order chi connectivity index (χ0) is 13.7. The molecule has 0 aliphatic carbocycles. The van der Waals surface area contributed by atoms with Gasteiger partial charge in [0, 0.05) is 24.7 Å². The topological polar surface area (TPSA) is 30.0 Å². The second-order valence-corrected chi connectivity index (χ2v) is 5.03. The average Bonchev–Trinajstić information content (AvgIpc) is 2.41. The van der Waals surface area contributed by atoms with E-state index in [0.717, 1.165) is 17.7 Å². The first-order chi connectivity index (χ1) is 9.13. The van der Waals surface area contributed by atoms with Gasteiger partial charge < -0.3 is 0 Å². The molecular formula is C17H19NO. The van der Waals surface area contributed by atoms with Gasteiger partial charge in [0.05, 0.1) is 0 Å². The number of hydrogen-bond acceptors (Lipinski definition) is 2. The van der Waals surface area contributed by atoms with E-state index in [-0.39, 0.29) is 5.78 Å². The minimum absolute atomic E-state index is 0.247. The largest absolute Gasteiger partial charge is 0.299 e. The Morgan fingerprint density at radius 3 is 2.32 bits per heavy atom. The predicted molar refractivity (Wildman–Crippen MR) is 77.2 cm³/mol. The highest BCUT2D eigenvalue weighted by atomic mass is 16.1. The fourth-order valence-corrected chi connectivity index (χ4v) is 1.93. The number of ketones is 1. The van der Waals surface area contributed by atoms with E-state index in [1.165, 1.54) is 11.1 Å². The Kier molecular flexibility index (Phi) is 4.45. The molecule has 2 rings (SSSR count). The number of aryl methyl sites for hydroxylation is 3. The fraction of sp³-hybridized carbons (Fsp3) is 0.294. The minimum Gasteiger partial charge on any atom is -0.299 e. The third kappa shape index (κ3) is 4.32. The van der Waals surface area contributed by atoms with E-state index in [2.05, 4.69) is 36.2 Å². The number of nitrogens with zero attached hydrogens (tertiary/aromatic N) is 1. The fourth-order valence-electron chi connectivity index (χ4n) is 1.93. The van der Waals surface area contributed by atoms with Crippen molar-refractivity contribution >= 4 is 5.78 Å². The summed E-state index contributed by atoms with van der Waals surface area (Å²) in [5.41, 5.74) is 4.45. The Morgan fingerprint density at radius 2 is 1.68 bits per heavy atom. The molecule has 0 aliphatic heterocycles. The van der Waals surface area contributed by atoms with Crippen molar-refractivity contribution in [1.29, 1.82) is 0 Å². The van der Waals surface area contributed by atoms with E-state index in [1.807, 2.05) is 25.3 Å². The van der Waals surface area contributed by atoms with Gasteiger partial charge in [0.25, 0.3) is 0 Å². The minimum atomic E-state index is 0.247. The van der Waals surface area contributed by atoms with E-state index < -0.39 is 0 Å². The zero-order valence-corrected chi connectivity index (χ0v) is 11.5. The Hall–Kier alpha value is -1.96. The van der Waals surface area contributed by atoms with E-state index in [4.69, 9.17) is 0 Å². The maximum Gasteiger partial charge on any atom is 0.139 e. The highest BCUT2D eigenvalue weighted by Gasteiger charge is 2.05. The third-order valence-corrected chi connectivity index (χ3v) is 3.16. The molecule has 0 bridgehead atoms. The molecule has 98 valence electrons. The Balaban J connectivity index is 1.84. The molecule has 2 nitrogen and oxygen atoms in total. The van der Waals surface area contributed by atoms with Gasteiger partial charge in [-0.15, -0.1) is 0 Å². The summed E-state index contributed by atoms with van der Waals surface area (Å²) in [7, 11) is 0. The van der Waals surface area contributed by atoms with E-state index in [1.54, 1.807) is 0 Å². The van der Waals surface area contributed by atoms with E-state index in [9.17, 15) is 4.79 Å². The molecule has 0 unspecified atom stereocenters. The standard InChI is InChI=1S/C17H19NO/c1-13-3-6-15(7-4-13)8-10-17(19)11-16-9-5-14(2)12-18-16/h3-7,9,12H,8,10-11H2,1-2H3. The van der Waals surface area contributed by atoms with E-state index in [0.29, 0.717) is 12.8 Å². The monoisotopic (exact) mass is 253 g/mol. The first kappa shape index (κ1) is 13.5. The van der Waals surface area contributed by atoms with Crippen LogP contribution in [0.4, 0.5) is 0 Å². The van der Waals surface area contributed by atoms with Gasteiger partial charge in [-0.1, -0.05) is 35.9 Å². The van der Waals surface area contributed by atoms with Gasteiger partial charge in [-0.25, -0.2) is 0 Å². The maximum absolute atomic E-state index is 11.9.